The van der Waals surface area contributed by atoms with Crippen molar-refractivity contribution in [1.29, 1.82) is 0 Å². The Morgan fingerprint density at radius 2 is 2.00 bits per heavy atom. The minimum Gasteiger partial charge on any atom is -0.360 e. The maximum Gasteiger partial charge on any atom is 0.170 e. The zero-order valence-corrected chi connectivity index (χ0v) is 16.2. The van der Waals surface area contributed by atoms with E-state index in [1.165, 1.54) is 17.0 Å². The lowest BCUT2D eigenvalue weighted by Crippen LogP contribution is -2.48. The number of thiocarbonyl (C=S) groups is 1. The van der Waals surface area contributed by atoms with Gasteiger partial charge >= 0.3 is 0 Å². The normalized spacial score (nSPS) is 17.0. The monoisotopic (exact) mass is 396 g/mol. The molecule has 0 bridgehead atoms. The number of rotatable bonds is 5. The minimum atomic E-state index is -0.664. The van der Waals surface area contributed by atoms with Crippen LogP contribution in [0, 0.1) is 11.6 Å². The molecule has 1 aliphatic rings. The van der Waals surface area contributed by atoms with E-state index in [9.17, 15) is 8.78 Å². The lowest BCUT2D eigenvalue weighted by molar-refractivity contribution is 0.114. The maximum absolute atomic E-state index is 13.8. The zero-order valence-electron chi connectivity index (χ0n) is 14.5. The summed E-state index contributed by atoms with van der Waals surface area (Å²) in [6.45, 7) is 4.68. The molecule has 1 atom stereocenters. The fourth-order valence-corrected chi connectivity index (χ4v) is 4.03. The molecule has 3 rings (SSSR count). The van der Waals surface area contributed by atoms with Gasteiger partial charge in [0.2, 0.25) is 0 Å². The van der Waals surface area contributed by atoms with E-state index in [4.69, 9.17) is 12.2 Å². The number of hydrogen-bond acceptors (Lipinski definition) is 4. The van der Waals surface area contributed by atoms with Crippen molar-refractivity contribution in [1.82, 2.24) is 15.1 Å². The maximum atomic E-state index is 13.8. The minimum absolute atomic E-state index is 0.163. The highest BCUT2D eigenvalue weighted by molar-refractivity contribution is 7.80. The Labute approximate surface area is 161 Å². The Morgan fingerprint density at radius 3 is 2.65 bits per heavy atom. The Kier molecular flexibility index (Phi) is 6.53. The number of halogens is 2. The summed E-state index contributed by atoms with van der Waals surface area (Å²) in [5.41, 5.74) is 0.163. The molecule has 0 saturated carbocycles. The predicted molar refractivity (Wildman–Crippen MR) is 107 cm³/mol. The van der Waals surface area contributed by atoms with Crippen LogP contribution in [0.25, 0.3) is 0 Å². The Balaban J connectivity index is 1.61. The molecule has 2 heterocycles. The highest BCUT2D eigenvalue weighted by Gasteiger charge is 2.24. The average molecular weight is 397 g/mol. The van der Waals surface area contributed by atoms with E-state index < -0.39 is 11.6 Å². The third-order valence-corrected chi connectivity index (χ3v) is 5.71. The Bertz CT molecular complexity index is 731. The topological polar surface area (TPSA) is 30.5 Å². The van der Waals surface area contributed by atoms with Crippen LogP contribution in [0.2, 0.25) is 0 Å². The first-order chi connectivity index (χ1) is 12.5. The van der Waals surface area contributed by atoms with Crippen LogP contribution in [0.5, 0.6) is 0 Å². The summed E-state index contributed by atoms with van der Waals surface area (Å²) in [6, 6.07) is 7.77. The van der Waals surface area contributed by atoms with E-state index in [1.807, 2.05) is 6.07 Å². The summed E-state index contributed by atoms with van der Waals surface area (Å²) >= 11 is 7.01. The van der Waals surface area contributed by atoms with Crippen molar-refractivity contribution in [3.05, 3.63) is 52.2 Å². The third kappa shape index (κ3) is 4.97. The summed E-state index contributed by atoms with van der Waals surface area (Å²) in [5.74, 6) is -1.28. The molecular formula is C18H22F2N4S2. The Hall–Kier alpha value is -1.61. The standard InChI is InChI=1S/C18H22F2N4S2/c1-23-6-8-24(9-7-23)16(17-3-2-10-26-17)12-21-18(25)22-15-5-4-13(19)11-14(15)20/h2-5,10-11,16H,6-9,12H2,1H3,(H2,21,22,25). The molecule has 0 amide bonds. The van der Waals surface area contributed by atoms with Gasteiger partial charge in [-0.3, -0.25) is 4.90 Å². The van der Waals surface area contributed by atoms with Crippen LogP contribution in [-0.2, 0) is 0 Å². The number of piperazine rings is 1. The van der Waals surface area contributed by atoms with Crippen molar-refractivity contribution < 1.29 is 8.78 Å². The van der Waals surface area contributed by atoms with E-state index in [-0.39, 0.29) is 11.7 Å². The first-order valence-corrected chi connectivity index (χ1v) is 9.77. The lowest BCUT2D eigenvalue weighted by Gasteiger charge is -2.37. The van der Waals surface area contributed by atoms with Crippen molar-refractivity contribution >= 4 is 34.4 Å². The van der Waals surface area contributed by atoms with Crippen molar-refractivity contribution in [2.75, 3.05) is 45.1 Å². The number of likely N-dealkylation sites (N-methyl/N-ethyl adjacent to an activating group) is 1. The van der Waals surface area contributed by atoms with Gasteiger partial charge in [-0.05, 0) is 42.8 Å². The largest absolute Gasteiger partial charge is 0.360 e. The third-order valence-electron chi connectivity index (χ3n) is 4.49. The number of anilines is 1. The van der Waals surface area contributed by atoms with Gasteiger partial charge in [-0.2, -0.15) is 0 Å². The van der Waals surface area contributed by atoms with Gasteiger partial charge in [-0.1, -0.05) is 6.07 Å². The van der Waals surface area contributed by atoms with Crippen molar-refractivity contribution in [2.45, 2.75) is 6.04 Å². The van der Waals surface area contributed by atoms with Crippen molar-refractivity contribution in [3.8, 4) is 0 Å². The van der Waals surface area contributed by atoms with E-state index in [0.717, 1.165) is 32.2 Å². The highest BCUT2D eigenvalue weighted by atomic mass is 32.1. The van der Waals surface area contributed by atoms with Gasteiger partial charge in [0.1, 0.15) is 11.6 Å². The Morgan fingerprint density at radius 1 is 1.23 bits per heavy atom. The van der Waals surface area contributed by atoms with Crippen LogP contribution < -0.4 is 10.6 Å². The number of thiophene rings is 1. The smallest absolute Gasteiger partial charge is 0.170 e. The summed E-state index contributed by atoms with van der Waals surface area (Å²) in [6.07, 6.45) is 0. The number of benzene rings is 1. The van der Waals surface area contributed by atoms with Gasteiger partial charge in [0.15, 0.2) is 5.11 Å². The van der Waals surface area contributed by atoms with E-state index in [1.54, 1.807) is 11.3 Å². The second-order valence-electron chi connectivity index (χ2n) is 6.33. The van der Waals surface area contributed by atoms with Gasteiger partial charge in [0.25, 0.3) is 0 Å². The molecule has 4 nitrogen and oxygen atoms in total. The van der Waals surface area contributed by atoms with Crippen molar-refractivity contribution in [2.24, 2.45) is 0 Å². The molecule has 140 valence electrons. The summed E-state index contributed by atoms with van der Waals surface area (Å²) < 4.78 is 26.8. The number of nitrogens with zero attached hydrogens (tertiary/aromatic N) is 2. The van der Waals surface area contributed by atoms with Crippen LogP contribution in [0.15, 0.2) is 35.7 Å². The molecule has 0 radical (unpaired) electrons. The van der Waals surface area contributed by atoms with E-state index >= 15 is 0 Å². The summed E-state index contributed by atoms with van der Waals surface area (Å²) in [7, 11) is 2.13. The molecule has 8 heteroatoms. The van der Waals surface area contributed by atoms with Gasteiger partial charge < -0.3 is 15.5 Å². The van der Waals surface area contributed by atoms with Crippen LogP contribution >= 0.6 is 23.6 Å². The van der Waals surface area contributed by atoms with Gasteiger partial charge in [0.05, 0.1) is 11.7 Å². The highest BCUT2D eigenvalue weighted by Crippen LogP contribution is 2.25. The van der Waals surface area contributed by atoms with Gasteiger partial charge in [-0.15, -0.1) is 11.3 Å². The van der Waals surface area contributed by atoms with Crippen molar-refractivity contribution in [3.63, 3.8) is 0 Å². The second kappa shape index (κ2) is 8.85. The first-order valence-electron chi connectivity index (χ1n) is 8.49. The summed E-state index contributed by atoms with van der Waals surface area (Å²) in [5, 5.41) is 8.38. The van der Waals surface area contributed by atoms with Gasteiger partial charge in [-0.25, -0.2) is 8.78 Å². The van der Waals surface area contributed by atoms with E-state index in [0.29, 0.717) is 11.7 Å². The molecule has 0 aliphatic carbocycles. The second-order valence-corrected chi connectivity index (χ2v) is 7.72. The molecule has 1 aliphatic heterocycles. The summed E-state index contributed by atoms with van der Waals surface area (Å²) in [4.78, 5) is 6.04. The molecule has 26 heavy (non-hydrogen) atoms. The first kappa shape index (κ1) is 19.2. The van der Waals surface area contributed by atoms with Crippen LogP contribution in [0.3, 0.4) is 0 Å². The quantitative estimate of drug-likeness (QED) is 0.758. The predicted octanol–water partition coefficient (Wildman–Crippen LogP) is 3.30. The average Bonchev–Trinajstić information content (AvgIpc) is 3.13. The van der Waals surface area contributed by atoms with Crippen LogP contribution in [0.1, 0.15) is 10.9 Å². The zero-order chi connectivity index (χ0) is 18.5. The molecule has 1 aromatic heterocycles. The fraction of sp³-hybridized carbons (Fsp3) is 0.389. The SMILES string of the molecule is CN1CCN(C(CNC(=S)Nc2ccc(F)cc2F)c2cccs2)CC1. The number of nitrogens with one attached hydrogen (secondary N) is 2. The number of hydrogen-bond donors (Lipinski definition) is 2. The molecule has 1 unspecified atom stereocenters. The molecular weight excluding hydrogens is 374 g/mol. The molecule has 1 fully saturated rings. The molecule has 2 N–H and O–H groups in total. The molecule has 1 saturated heterocycles. The molecule has 2 aromatic rings. The lowest BCUT2D eigenvalue weighted by atomic mass is 10.1. The fourth-order valence-electron chi connectivity index (χ4n) is 2.97. The van der Waals surface area contributed by atoms with E-state index in [2.05, 4.69) is 38.9 Å². The van der Waals surface area contributed by atoms with Gasteiger partial charge in [0, 0.05) is 43.7 Å². The van der Waals surface area contributed by atoms with Crippen LogP contribution in [0.4, 0.5) is 14.5 Å². The van der Waals surface area contributed by atoms with Crippen LogP contribution in [-0.4, -0.2) is 54.7 Å². The molecule has 0 spiro atoms. The molecule has 1 aromatic carbocycles.